The van der Waals surface area contributed by atoms with E-state index in [2.05, 4.69) is 62.7 Å². The molecule has 0 spiro atoms. The zero-order valence-corrected chi connectivity index (χ0v) is 13.8. The van der Waals surface area contributed by atoms with Crippen molar-refractivity contribution in [3.8, 4) is 0 Å². The van der Waals surface area contributed by atoms with Crippen molar-refractivity contribution in [2.45, 2.75) is 46.6 Å². The number of benzene rings is 1. The van der Waals surface area contributed by atoms with Gasteiger partial charge in [0, 0.05) is 10.9 Å². The Kier molecular flexibility index (Phi) is 5.38. The fourth-order valence-corrected chi connectivity index (χ4v) is 3.74. The number of aryl methyl sites for hydroxylation is 3. The van der Waals surface area contributed by atoms with Crippen LogP contribution in [0.25, 0.3) is 0 Å². The standard InChI is InChI=1S/C18H25NS/c1-5-7-19-17(18-15(4)6-8-20-18)12-16-10-13(2)9-14(3)11-16/h6,8-11,17,19H,5,7,12H2,1-4H3. The molecule has 0 aliphatic carbocycles. The van der Waals surface area contributed by atoms with E-state index in [1.165, 1.54) is 33.6 Å². The third kappa shape index (κ3) is 3.94. The predicted molar refractivity (Wildman–Crippen MR) is 89.7 cm³/mol. The van der Waals surface area contributed by atoms with E-state index in [0.29, 0.717) is 6.04 Å². The summed E-state index contributed by atoms with van der Waals surface area (Å²) in [4.78, 5) is 1.48. The van der Waals surface area contributed by atoms with Crippen molar-refractivity contribution in [2.24, 2.45) is 0 Å². The molecule has 0 fully saturated rings. The minimum absolute atomic E-state index is 0.441. The summed E-state index contributed by atoms with van der Waals surface area (Å²) in [5.74, 6) is 0. The summed E-state index contributed by atoms with van der Waals surface area (Å²) in [7, 11) is 0. The first kappa shape index (κ1) is 15.3. The molecule has 0 saturated carbocycles. The minimum atomic E-state index is 0.441. The Morgan fingerprint density at radius 3 is 2.35 bits per heavy atom. The average molecular weight is 287 g/mol. The Bertz CT molecular complexity index is 536. The molecule has 2 heteroatoms. The van der Waals surface area contributed by atoms with Crippen molar-refractivity contribution in [2.75, 3.05) is 6.54 Å². The first-order valence-corrected chi connectivity index (χ1v) is 8.32. The lowest BCUT2D eigenvalue weighted by molar-refractivity contribution is 0.534. The monoisotopic (exact) mass is 287 g/mol. The van der Waals surface area contributed by atoms with Crippen LogP contribution in [0.4, 0.5) is 0 Å². The van der Waals surface area contributed by atoms with Crippen LogP contribution in [0.2, 0.25) is 0 Å². The summed E-state index contributed by atoms with van der Waals surface area (Å²) in [6.07, 6.45) is 2.25. The van der Waals surface area contributed by atoms with E-state index in [1.807, 2.05) is 11.3 Å². The van der Waals surface area contributed by atoms with Gasteiger partial charge in [-0.15, -0.1) is 11.3 Å². The molecular formula is C18H25NS. The maximum atomic E-state index is 3.71. The first-order chi connectivity index (χ1) is 9.60. The number of nitrogens with one attached hydrogen (secondary N) is 1. The molecule has 1 aromatic heterocycles. The summed E-state index contributed by atoms with van der Waals surface area (Å²) < 4.78 is 0. The van der Waals surface area contributed by atoms with E-state index in [-0.39, 0.29) is 0 Å². The smallest absolute Gasteiger partial charge is 0.0458 e. The van der Waals surface area contributed by atoms with E-state index in [9.17, 15) is 0 Å². The van der Waals surface area contributed by atoms with Gasteiger partial charge in [0.15, 0.2) is 0 Å². The summed E-state index contributed by atoms with van der Waals surface area (Å²) in [5, 5.41) is 5.91. The Balaban J connectivity index is 2.21. The van der Waals surface area contributed by atoms with Gasteiger partial charge in [0.25, 0.3) is 0 Å². The van der Waals surface area contributed by atoms with Crippen LogP contribution in [0.5, 0.6) is 0 Å². The Hall–Kier alpha value is -1.12. The molecular weight excluding hydrogens is 262 g/mol. The second-order valence-electron chi connectivity index (χ2n) is 5.67. The van der Waals surface area contributed by atoms with Crippen LogP contribution in [0.1, 0.15) is 46.5 Å². The van der Waals surface area contributed by atoms with Gasteiger partial charge in [-0.1, -0.05) is 36.2 Å². The van der Waals surface area contributed by atoms with Gasteiger partial charge in [0.2, 0.25) is 0 Å². The third-order valence-corrected chi connectivity index (χ3v) is 4.71. The van der Waals surface area contributed by atoms with Crippen molar-refractivity contribution in [1.29, 1.82) is 0 Å². The lowest BCUT2D eigenvalue weighted by Gasteiger charge is -2.19. The molecule has 1 unspecified atom stereocenters. The van der Waals surface area contributed by atoms with Crippen molar-refractivity contribution >= 4 is 11.3 Å². The molecule has 1 heterocycles. The molecule has 108 valence electrons. The minimum Gasteiger partial charge on any atom is -0.309 e. The molecule has 2 aromatic rings. The molecule has 0 aliphatic heterocycles. The average Bonchev–Trinajstić information content (AvgIpc) is 2.79. The molecule has 0 saturated heterocycles. The number of hydrogen-bond donors (Lipinski definition) is 1. The fraction of sp³-hybridized carbons (Fsp3) is 0.444. The number of thiophene rings is 1. The van der Waals surface area contributed by atoms with Gasteiger partial charge in [0.05, 0.1) is 0 Å². The van der Waals surface area contributed by atoms with E-state index in [4.69, 9.17) is 0 Å². The SMILES string of the molecule is CCCNC(Cc1cc(C)cc(C)c1)c1sccc1C. The molecule has 0 aliphatic rings. The molecule has 1 N–H and O–H groups in total. The summed E-state index contributed by atoms with van der Waals surface area (Å²) in [5.41, 5.74) is 5.56. The molecule has 1 nitrogen and oxygen atoms in total. The van der Waals surface area contributed by atoms with E-state index in [1.54, 1.807) is 0 Å². The molecule has 1 atom stereocenters. The molecule has 20 heavy (non-hydrogen) atoms. The van der Waals surface area contributed by atoms with Crippen LogP contribution in [-0.4, -0.2) is 6.54 Å². The summed E-state index contributed by atoms with van der Waals surface area (Å²) in [6, 6.07) is 9.54. The molecule has 0 radical (unpaired) electrons. The highest BCUT2D eigenvalue weighted by atomic mass is 32.1. The Morgan fingerprint density at radius 2 is 1.80 bits per heavy atom. The van der Waals surface area contributed by atoms with Crippen LogP contribution in [0, 0.1) is 20.8 Å². The lowest BCUT2D eigenvalue weighted by Crippen LogP contribution is -2.24. The van der Waals surface area contributed by atoms with Crippen LogP contribution < -0.4 is 5.32 Å². The molecule has 0 bridgehead atoms. The van der Waals surface area contributed by atoms with E-state index in [0.717, 1.165) is 13.0 Å². The van der Waals surface area contributed by atoms with E-state index < -0.39 is 0 Å². The number of hydrogen-bond acceptors (Lipinski definition) is 2. The lowest BCUT2D eigenvalue weighted by atomic mass is 9.99. The van der Waals surface area contributed by atoms with Gasteiger partial charge in [-0.2, -0.15) is 0 Å². The summed E-state index contributed by atoms with van der Waals surface area (Å²) >= 11 is 1.87. The second kappa shape index (κ2) is 7.05. The van der Waals surface area contributed by atoms with Crippen LogP contribution in [0.15, 0.2) is 29.6 Å². The number of rotatable bonds is 6. The third-order valence-electron chi connectivity index (χ3n) is 3.58. The Morgan fingerprint density at radius 1 is 1.10 bits per heavy atom. The van der Waals surface area contributed by atoms with Crippen molar-refractivity contribution in [3.63, 3.8) is 0 Å². The largest absolute Gasteiger partial charge is 0.309 e. The van der Waals surface area contributed by atoms with Gasteiger partial charge < -0.3 is 5.32 Å². The topological polar surface area (TPSA) is 12.0 Å². The van der Waals surface area contributed by atoms with Crippen molar-refractivity contribution in [1.82, 2.24) is 5.32 Å². The molecule has 0 amide bonds. The van der Waals surface area contributed by atoms with Crippen LogP contribution in [-0.2, 0) is 6.42 Å². The quantitative estimate of drug-likeness (QED) is 0.792. The second-order valence-corrected chi connectivity index (χ2v) is 6.62. The first-order valence-electron chi connectivity index (χ1n) is 7.44. The van der Waals surface area contributed by atoms with Gasteiger partial charge in [-0.05, 0) is 62.7 Å². The highest BCUT2D eigenvalue weighted by molar-refractivity contribution is 7.10. The van der Waals surface area contributed by atoms with E-state index >= 15 is 0 Å². The predicted octanol–water partition coefficient (Wildman–Crippen LogP) is 4.96. The molecule has 1 aromatic carbocycles. The van der Waals surface area contributed by atoms with Crippen LogP contribution in [0.3, 0.4) is 0 Å². The summed E-state index contributed by atoms with van der Waals surface area (Å²) in [6.45, 7) is 9.88. The maximum Gasteiger partial charge on any atom is 0.0458 e. The van der Waals surface area contributed by atoms with Gasteiger partial charge in [-0.25, -0.2) is 0 Å². The zero-order chi connectivity index (χ0) is 14.5. The van der Waals surface area contributed by atoms with Gasteiger partial charge in [-0.3, -0.25) is 0 Å². The molecule has 2 rings (SSSR count). The highest BCUT2D eigenvalue weighted by Gasteiger charge is 2.15. The maximum absolute atomic E-state index is 3.71. The van der Waals surface area contributed by atoms with Gasteiger partial charge in [0.1, 0.15) is 0 Å². The Labute approximate surface area is 127 Å². The fourth-order valence-electron chi connectivity index (χ4n) is 2.74. The van der Waals surface area contributed by atoms with Gasteiger partial charge >= 0.3 is 0 Å². The highest BCUT2D eigenvalue weighted by Crippen LogP contribution is 2.27. The van der Waals surface area contributed by atoms with Crippen molar-refractivity contribution in [3.05, 3.63) is 56.8 Å². The normalized spacial score (nSPS) is 12.6. The van der Waals surface area contributed by atoms with Crippen LogP contribution >= 0.6 is 11.3 Å². The zero-order valence-electron chi connectivity index (χ0n) is 13.0. The van der Waals surface area contributed by atoms with Crippen molar-refractivity contribution < 1.29 is 0 Å².